The molecule has 0 aliphatic carbocycles. The van der Waals surface area contributed by atoms with Gasteiger partial charge < -0.3 is 19.7 Å². The van der Waals surface area contributed by atoms with Crippen molar-refractivity contribution >= 4 is 22.7 Å². The number of piperazine rings is 1. The minimum Gasteiger partial charge on any atom is -0.497 e. The predicted octanol–water partition coefficient (Wildman–Crippen LogP) is 2.02. The summed E-state index contributed by atoms with van der Waals surface area (Å²) in [5, 5.41) is 10.6. The average molecular weight is 427 g/mol. The van der Waals surface area contributed by atoms with Crippen LogP contribution in [0.1, 0.15) is 11.4 Å². The molecule has 1 aliphatic rings. The van der Waals surface area contributed by atoms with Crippen LogP contribution in [0.15, 0.2) is 53.8 Å². The van der Waals surface area contributed by atoms with Gasteiger partial charge in [-0.1, -0.05) is 12.1 Å². The Morgan fingerprint density at radius 2 is 1.97 bits per heavy atom. The van der Waals surface area contributed by atoms with E-state index in [1.54, 1.807) is 24.1 Å². The number of ether oxygens (including phenoxy) is 1. The van der Waals surface area contributed by atoms with E-state index >= 15 is 0 Å². The molecule has 10 heteroatoms. The zero-order valence-corrected chi connectivity index (χ0v) is 17.3. The monoisotopic (exact) mass is 426 g/mol. The van der Waals surface area contributed by atoms with Gasteiger partial charge in [-0.15, -0.1) is 0 Å². The Labute approximate surface area is 177 Å². The summed E-state index contributed by atoms with van der Waals surface area (Å²) in [5.74, 6) is 1.60. The molecule has 30 heavy (non-hydrogen) atoms. The molecule has 1 aliphatic heterocycles. The molecule has 1 N–H and O–H groups in total. The van der Waals surface area contributed by atoms with E-state index in [9.17, 15) is 10.0 Å². The fourth-order valence-electron chi connectivity index (χ4n) is 3.17. The third-order valence-corrected chi connectivity index (χ3v) is 5.61. The molecular weight excluding hydrogens is 404 g/mol. The Kier molecular flexibility index (Phi) is 5.94. The number of methoxy groups -OCH3 is 1. The average Bonchev–Trinajstić information content (AvgIpc) is 3.24. The molecule has 0 radical (unpaired) electrons. The summed E-state index contributed by atoms with van der Waals surface area (Å²) in [6.07, 6.45) is 3.52. The number of aromatic nitrogens is 3. The number of carbonyl (C=O) groups excluding carboxylic acids is 1. The predicted molar refractivity (Wildman–Crippen MR) is 112 cm³/mol. The Hall–Kier alpha value is -3.40. The molecule has 0 spiro atoms. The van der Waals surface area contributed by atoms with Crippen LogP contribution in [0.2, 0.25) is 0 Å². The molecule has 0 unspecified atom stereocenters. The van der Waals surface area contributed by atoms with Gasteiger partial charge in [-0.2, -0.15) is 9.37 Å². The first-order valence-electron chi connectivity index (χ1n) is 9.52. The van der Waals surface area contributed by atoms with Crippen LogP contribution in [0.3, 0.4) is 0 Å². The van der Waals surface area contributed by atoms with Crippen molar-refractivity contribution in [3.05, 3.63) is 65.5 Å². The molecule has 2 amide bonds. The highest BCUT2D eigenvalue weighted by Crippen LogP contribution is 2.21. The minimum atomic E-state index is -0.277. The van der Waals surface area contributed by atoms with Gasteiger partial charge in [-0.25, -0.2) is 14.5 Å². The molecule has 3 heterocycles. The summed E-state index contributed by atoms with van der Waals surface area (Å²) in [4.78, 5) is 25.0. The van der Waals surface area contributed by atoms with Crippen molar-refractivity contribution in [2.24, 2.45) is 4.99 Å². The van der Waals surface area contributed by atoms with Crippen LogP contribution in [0.5, 0.6) is 5.75 Å². The highest BCUT2D eigenvalue weighted by molar-refractivity contribution is 7.09. The topological polar surface area (TPSA) is 96.1 Å². The highest BCUT2D eigenvalue weighted by Gasteiger charge is 2.23. The smallest absolute Gasteiger partial charge is 0.344 e. The Bertz CT molecular complexity index is 1070. The second-order valence-corrected chi connectivity index (χ2v) is 7.56. The number of benzene rings is 1. The number of hydrogen-bond donors (Lipinski definition) is 1. The second-order valence-electron chi connectivity index (χ2n) is 6.83. The van der Waals surface area contributed by atoms with Gasteiger partial charge in [-0.3, -0.25) is 0 Å². The minimum absolute atomic E-state index is 0.277. The van der Waals surface area contributed by atoms with Crippen LogP contribution in [-0.4, -0.2) is 63.5 Å². The van der Waals surface area contributed by atoms with Crippen LogP contribution in [-0.2, 0) is 6.42 Å². The molecule has 0 saturated carbocycles. The first-order valence-corrected chi connectivity index (χ1v) is 10.3. The summed E-state index contributed by atoms with van der Waals surface area (Å²) in [5.41, 5.74) is 1.10. The van der Waals surface area contributed by atoms with Gasteiger partial charge in [0.25, 0.3) is 0 Å². The quantitative estimate of drug-likeness (QED) is 0.642. The maximum absolute atomic E-state index is 12.4. The van der Waals surface area contributed by atoms with Crippen LogP contribution >= 0.6 is 11.5 Å². The van der Waals surface area contributed by atoms with Gasteiger partial charge in [-0.05, 0) is 29.8 Å². The van der Waals surface area contributed by atoms with Gasteiger partial charge in [0.2, 0.25) is 5.13 Å². The third kappa shape index (κ3) is 4.77. The summed E-state index contributed by atoms with van der Waals surface area (Å²) in [6, 6.07) is 10.8. The Morgan fingerprint density at radius 3 is 2.70 bits per heavy atom. The molecule has 3 aromatic rings. The summed E-state index contributed by atoms with van der Waals surface area (Å²) in [6.45, 7) is 2.50. The fourth-order valence-corrected chi connectivity index (χ4v) is 3.90. The van der Waals surface area contributed by atoms with E-state index in [4.69, 9.17) is 4.74 Å². The normalized spacial score (nSPS) is 13.9. The fraction of sp³-hybridized carbons (Fsp3) is 0.300. The van der Waals surface area contributed by atoms with Crippen LogP contribution < -0.4 is 15.0 Å². The number of rotatable bonds is 4. The number of amides is 2. The lowest BCUT2D eigenvalue weighted by atomic mass is 10.1. The molecule has 1 aromatic carbocycles. The Balaban J connectivity index is 1.34. The standard InChI is InChI=1S/C20H22N6O3S/c1-29-17-4-2-3-15(13-17)14-18-22-20(30-23-18)25-11-9-24(10-12-25)19(27)21-16-5-7-26(28)8-6-16/h2-8,13,28H,9-12,14H2,1H3. The molecular formula is C20H22N6O3S. The largest absolute Gasteiger partial charge is 0.497 e. The van der Waals surface area contributed by atoms with E-state index < -0.39 is 0 Å². The zero-order chi connectivity index (χ0) is 20.9. The second kappa shape index (κ2) is 8.95. The van der Waals surface area contributed by atoms with Crippen LogP contribution in [0.25, 0.3) is 0 Å². The maximum atomic E-state index is 12.4. The van der Waals surface area contributed by atoms with Gasteiger partial charge in [0.15, 0.2) is 0 Å². The first kappa shape index (κ1) is 19.9. The van der Waals surface area contributed by atoms with Crippen molar-refractivity contribution in [3.63, 3.8) is 0 Å². The third-order valence-electron chi connectivity index (χ3n) is 4.80. The summed E-state index contributed by atoms with van der Waals surface area (Å²) in [7, 11) is 1.65. The van der Waals surface area contributed by atoms with Gasteiger partial charge in [0, 0.05) is 56.5 Å². The lowest BCUT2D eigenvalue weighted by molar-refractivity contribution is 0.184. The summed E-state index contributed by atoms with van der Waals surface area (Å²) >= 11 is 1.38. The van der Waals surface area contributed by atoms with Crippen LogP contribution in [0.4, 0.5) is 9.93 Å². The van der Waals surface area contributed by atoms with E-state index in [-0.39, 0.29) is 6.03 Å². The lowest BCUT2D eigenvalue weighted by Crippen LogP contribution is -2.48. The number of hydrogen-bond acceptors (Lipinski definition) is 7. The molecule has 2 aromatic heterocycles. The summed E-state index contributed by atoms with van der Waals surface area (Å²) < 4.78 is 10.7. The number of nitrogens with zero attached hydrogens (tertiary/aromatic N) is 6. The van der Waals surface area contributed by atoms with Crippen molar-refractivity contribution < 1.29 is 14.7 Å². The van der Waals surface area contributed by atoms with E-state index in [1.165, 1.54) is 23.9 Å². The van der Waals surface area contributed by atoms with E-state index in [0.29, 0.717) is 38.0 Å². The first-order chi connectivity index (χ1) is 14.6. The van der Waals surface area contributed by atoms with Gasteiger partial charge in [0.1, 0.15) is 11.6 Å². The molecule has 4 rings (SSSR count). The van der Waals surface area contributed by atoms with Gasteiger partial charge >= 0.3 is 6.03 Å². The number of pyridine rings is 1. The maximum Gasteiger partial charge on any atom is 0.344 e. The molecule has 1 saturated heterocycles. The molecule has 9 nitrogen and oxygen atoms in total. The number of anilines is 1. The zero-order valence-electron chi connectivity index (χ0n) is 16.5. The van der Waals surface area contributed by atoms with Crippen LogP contribution in [0, 0.1) is 0 Å². The molecule has 0 atom stereocenters. The van der Waals surface area contributed by atoms with Crippen molar-refractivity contribution in [2.75, 3.05) is 38.2 Å². The highest BCUT2D eigenvalue weighted by atomic mass is 32.1. The van der Waals surface area contributed by atoms with Crippen molar-refractivity contribution in [2.45, 2.75) is 6.42 Å². The lowest BCUT2D eigenvalue weighted by Gasteiger charge is -2.33. The van der Waals surface area contributed by atoms with E-state index in [0.717, 1.165) is 27.0 Å². The van der Waals surface area contributed by atoms with E-state index in [2.05, 4.69) is 19.2 Å². The Morgan fingerprint density at radius 1 is 1.20 bits per heavy atom. The molecule has 0 bridgehead atoms. The molecule has 156 valence electrons. The van der Waals surface area contributed by atoms with Crippen molar-refractivity contribution in [1.29, 1.82) is 0 Å². The van der Waals surface area contributed by atoms with Gasteiger partial charge in [0.05, 0.1) is 12.5 Å². The van der Waals surface area contributed by atoms with Crippen molar-refractivity contribution in [3.8, 4) is 5.75 Å². The van der Waals surface area contributed by atoms with Crippen molar-refractivity contribution in [1.82, 2.24) is 19.0 Å². The SMILES string of the molecule is COc1cccc(Cc2nsc(N3CCN(C(=O)N=c4ccn(O)cc4)CC3)n2)c1. The molecule has 1 fully saturated rings. The van der Waals surface area contributed by atoms with E-state index in [1.807, 2.05) is 24.3 Å². The number of carbonyl (C=O) groups is 1. The number of urea groups is 1.